The summed E-state index contributed by atoms with van der Waals surface area (Å²) in [6, 6.07) is 14.9. The lowest BCUT2D eigenvalue weighted by Crippen LogP contribution is -2.42. The summed E-state index contributed by atoms with van der Waals surface area (Å²) in [7, 11) is 0. The number of thioether (sulfide) groups is 1. The minimum atomic E-state index is -0.250. The molecule has 1 amide bonds. The maximum atomic E-state index is 13.3. The number of para-hydroxylation sites is 2. The van der Waals surface area contributed by atoms with Crippen LogP contribution in [0.5, 0.6) is 0 Å². The van der Waals surface area contributed by atoms with Crippen LogP contribution in [0, 0.1) is 5.82 Å². The lowest BCUT2D eigenvalue weighted by atomic mass is 10.0. The third kappa shape index (κ3) is 3.80. The van der Waals surface area contributed by atoms with Gasteiger partial charge in [-0.05, 0) is 56.0 Å². The van der Waals surface area contributed by atoms with E-state index in [1.165, 1.54) is 30.3 Å². The zero-order valence-corrected chi connectivity index (χ0v) is 18.2. The smallest absolute Gasteiger partial charge is 0.237 e. The predicted octanol–water partition coefficient (Wildman–Crippen LogP) is 4.36. The second-order valence-corrected chi connectivity index (χ2v) is 8.98. The lowest BCUT2D eigenvalue weighted by molar-refractivity contribution is -0.131. The fourth-order valence-corrected chi connectivity index (χ4v) is 5.16. The molecule has 2 aromatic heterocycles. The Kier molecular flexibility index (Phi) is 5.40. The molecule has 0 unspecified atom stereocenters. The van der Waals surface area contributed by atoms with E-state index in [4.69, 9.17) is 0 Å². The van der Waals surface area contributed by atoms with Crippen molar-refractivity contribution in [2.45, 2.75) is 43.9 Å². The molecule has 0 radical (unpaired) electrons. The molecule has 4 aromatic rings. The number of likely N-dealkylation sites (tertiary alicyclic amines) is 1. The highest BCUT2D eigenvalue weighted by atomic mass is 32.2. The van der Waals surface area contributed by atoms with Crippen molar-refractivity contribution in [3.8, 4) is 0 Å². The SMILES string of the molecule is C[C@@H]1CCCCN1C(=O)CSc1nnc2n(Cc3ccc(F)cc3)c3ccccc3n12. The summed E-state index contributed by atoms with van der Waals surface area (Å²) in [6.45, 7) is 3.52. The van der Waals surface area contributed by atoms with Crippen LogP contribution in [-0.2, 0) is 11.3 Å². The standard InChI is InChI=1S/C23H24FN5OS/c1-16-6-4-5-13-27(16)21(30)15-31-23-26-25-22-28(14-17-9-11-18(24)12-10-17)19-7-2-3-8-20(19)29(22)23/h2-3,7-12,16H,4-6,13-15H2,1H3/t16-/m1/s1. The number of imidazole rings is 1. The third-order valence-electron chi connectivity index (χ3n) is 5.97. The topological polar surface area (TPSA) is 55.4 Å². The molecule has 0 aliphatic carbocycles. The highest BCUT2D eigenvalue weighted by Gasteiger charge is 2.24. The van der Waals surface area contributed by atoms with Gasteiger partial charge in [0, 0.05) is 12.6 Å². The fraction of sp³-hybridized carbons (Fsp3) is 0.348. The zero-order chi connectivity index (χ0) is 21.4. The summed E-state index contributed by atoms with van der Waals surface area (Å²) in [5, 5.41) is 9.52. The van der Waals surface area contributed by atoms with Gasteiger partial charge in [-0.15, -0.1) is 10.2 Å². The van der Waals surface area contributed by atoms with Crippen molar-refractivity contribution < 1.29 is 9.18 Å². The second kappa shape index (κ2) is 8.34. The number of benzene rings is 2. The van der Waals surface area contributed by atoms with Crippen molar-refractivity contribution in [1.29, 1.82) is 0 Å². The van der Waals surface area contributed by atoms with Gasteiger partial charge in [0.15, 0.2) is 5.16 Å². The summed E-state index contributed by atoms with van der Waals surface area (Å²) < 4.78 is 17.4. The van der Waals surface area contributed by atoms with Gasteiger partial charge in [-0.3, -0.25) is 9.20 Å². The van der Waals surface area contributed by atoms with Gasteiger partial charge in [-0.2, -0.15) is 0 Å². The molecule has 1 aliphatic heterocycles. The normalized spacial score (nSPS) is 17.0. The summed E-state index contributed by atoms with van der Waals surface area (Å²) in [5.74, 6) is 0.971. The predicted molar refractivity (Wildman–Crippen MR) is 120 cm³/mol. The van der Waals surface area contributed by atoms with Crippen LogP contribution in [0.4, 0.5) is 4.39 Å². The number of hydrogen-bond donors (Lipinski definition) is 0. The van der Waals surface area contributed by atoms with Crippen molar-refractivity contribution in [1.82, 2.24) is 24.1 Å². The fourth-order valence-electron chi connectivity index (χ4n) is 4.34. The minimum Gasteiger partial charge on any atom is -0.339 e. The number of carbonyl (C=O) groups is 1. The van der Waals surface area contributed by atoms with Crippen LogP contribution in [0.3, 0.4) is 0 Å². The van der Waals surface area contributed by atoms with E-state index >= 15 is 0 Å². The molecule has 0 bridgehead atoms. The average Bonchev–Trinajstić information content (AvgIpc) is 3.33. The average molecular weight is 438 g/mol. The molecule has 5 rings (SSSR count). The lowest BCUT2D eigenvalue weighted by Gasteiger charge is -2.33. The quantitative estimate of drug-likeness (QED) is 0.435. The zero-order valence-electron chi connectivity index (χ0n) is 17.4. The molecule has 1 atom stereocenters. The molecule has 1 fully saturated rings. The first-order valence-electron chi connectivity index (χ1n) is 10.6. The van der Waals surface area contributed by atoms with E-state index in [2.05, 4.69) is 21.7 Å². The third-order valence-corrected chi connectivity index (χ3v) is 6.89. The van der Waals surface area contributed by atoms with E-state index in [1.807, 2.05) is 33.6 Å². The molecule has 31 heavy (non-hydrogen) atoms. The number of amides is 1. The monoisotopic (exact) mass is 437 g/mol. The molecular weight excluding hydrogens is 413 g/mol. The van der Waals surface area contributed by atoms with Gasteiger partial charge in [0.2, 0.25) is 11.7 Å². The van der Waals surface area contributed by atoms with Crippen LogP contribution in [0.1, 0.15) is 31.7 Å². The molecule has 1 saturated heterocycles. The number of nitrogens with zero attached hydrogens (tertiary/aromatic N) is 5. The largest absolute Gasteiger partial charge is 0.339 e. The van der Waals surface area contributed by atoms with Gasteiger partial charge in [-0.25, -0.2) is 4.39 Å². The van der Waals surface area contributed by atoms with E-state index in [-0.39, 0.29) is 11.7 Å². The molecule has 0 N–H and O–H groups in total. The van der Waals surface area contributed by atoms with Gasteiger partial charge in [0.25, 0.3) is 0 Å². The van der Waals surface area contributed by atoms with Crippen LogP contribution in [0.25, 0.3) is 16.8 Å². The molecular formula is C23H24FN5OS. The van der Waals surface area contributed by atoms with Crippen LogP contribution >= 0.6 is 11.8 Å². The first-order chi connectivity index (χ1) is 15.1. The van der Waals surface area contributed by atoms with Crippen molar-refractivity contribution in [3.05, 3.63) is 59.9 Å². The number of rotatable bonds is 5. The van der Waals surface area contributed by atoms with Crippen LogP contribution in [-0.4, -0.2) is 48.3 Å². The Morgan fingerprint density at radius 3 is 2.65 bits per heavy atom. The van der Waals surface area contributed by atoms with E-state index in [1.54, 1.807) is 12.1 Å². The first-order valence-corrected chi connectivity index (χ1v) is 11.6. The summed E-state index contributed by atoms with van der Waals surface area (Å²) in [5.41, 5.74) is 3.00. The van der Waals surface area contributed by atoms with E-state index in [0.717, 1.165) is 36.0 Å². The Morgan fingerprint density at radius 1 is 1.10 bits per heavy atom. The molecule has 1 aliphatic rings. The minimum absolute atomic E-state index is 0.156. The molecule has 3 heterocycles. The van der Waals surface area contributed by atoms with Gasteiger partial charge in [0.05, 0.1) is 23.3 Å². The Bertz CT molecular complexity index is 1230. The Morgan fingerprint density at radius 2 is 1.87 bits per heavy atom. The number of fused-ring (bicyclic) bond motifs is 3. The highest BCUT2D eigenvalue weighted by Crippen LogP contribution is 2.27. The summed E-state index contributed by atoms with van der Waals surface area (Å²) >= 11 is 1.43. The van der Waals surface area contributed by atoms with Gasteiger partial charge in [0.1, 0.15) is 5.82 Å². The highest BCUT2D eigenvalue weighted by molar-refractivity contribution is 7.99. The Hall–Kier alpha value is -2.87. The van der Waals surface area contributed by atoms with Crippen molar-refractivity contribution in [2.75, 3.05) is 12.3 Å². The molecule has 6 nitrogen and oxygen atoms in total. The number of carbonyl (C=O) groups excluding carboxylic acids is 1. The molecule has 160 valence electrons. The van der Waals surface area contributed by atoms with Crippen molar-refractivity contribution in [3.63, 3.8) is 0 Å². The van der Waals surface area contributed by atoms with E-state index < -0.39 is 0 Å². The maximum absolute atomic E-state index is 13.3. The van der Waals surface area contributed by atoms with E-state index in [9.17, 15) is 9.18 Å². The van der Waals surface area contributed by atoms with Gasteiger partial charge >= 0.3 is 0 Å². The number of piperidine rings is 1. The molecule has 0 spiro atoms. The second-order valence-electron chi connectivity index (χ2n) is 8.04. The maximum Gasteiger partial charge on any atom is 0.237 e. The molecule has 2 aromatic carbocycles. The number of halogens is 1. The van der Waals surface area contributed by atoms with E-state index in [0.29, 0.717) is 29.3 Å². The Labute approximate surface area is 184 Å². The van der Waals surface area contributed by atoms with Crippen molar-refractivity contribution >= 4 is 34.5 Å². The van der Waals surface area contributed by atoms with Crippen LogP contribution in [0.15, 0.2) is 53.7 Å². The van der Waals surface area contributed by atoms with Crippen molar-refractivity contribution in [2.24, 2.45) is 0 Å². The van der Waals surface area contributed by atoms with Crippen LogP contribution < -0.4 is 0 Å². The van der Waals surface area contributed by atoms with Gasteiger partial charge in [-0.1, -0.05) is 36.0 Å². The van der Waals surface area contributed by atoms with Gasteiger partial charge < -0.3 is 9.47 Å². The number of aromatic nitrogens is 4. The molecule has 0 saturated carbocycles. The Balaban J connectivity index is 1.45. The summed E-state index contributed by atoms with van der Waals surface area (Å²) in [4.78, 5) is 14.8. The van der Waals surface area contributed by atoms with Crippen LogP contribution in [0.2, 0.25) is 0 Å². The summed E-state index contributed by atoms with van der Waals surface area (Å²) in [6.07, 6.45) is 3.34. The first kappa shape index (κ1) is 20.1. The molecule has 8 heteroatoms. The number of hydrogen-bond acceptors (Lipinski definition) is 4.